The van der Waals surface area contributed by atoms with Gasteiger partial charge in [-0.3, -0.25) is 9.69 Å². The Kier molecular flexibility index (Phi) is 5.04. The number of fused-ring (bicyclic) bond motifs is 2. The van der Waals surface area contributed by atoms with Gasteiger partial charge in [-0.15, -0.1) is 11.3 Å². The van der Waals surface area contributed by atoms with Crippen LogP contribution in [0.5, 0.6) is 0 Å². The third-order valence-corrected chi connectivity index (χ3v) is 6.84. The molecule has 0 saturated carbocycles. The molecule has 4 aromatic rings. The highest BCUT2D eigenvalue weighted by atomic mass is 32.1. The van der Waals surface area contributed by atoms with E-state index in [1.54, 1.807) is 11.3 Å². The van der Waals surface area contributed by atoms with Crippen LogP contribution in [0.3, 0.4) is 0 Å². The van der Waals surface area contributed by atoms with Gasteiger partial charge in [0.05, 0.1) is 4.88 Å². The van der Waals surface area contributed by atoms with Gasteiger partial charge < -0.3 is 4.90 Å². The summed E-state index contributed by atoms with van der Waals surface area (Å²) >= 11 is 1.61. The van der Waals surface area contributed by atoms with E-state index in [2.05, 4.69) is 59.5 Å². The Hall–Kier alpha value is -2.69. The van der Waals surface area contributed by atoms with Crippen molar-refractivity contribution in [2.45, 2.75) is 13.0 Å². The standard InChI is InChI=1S/C25H24N2OS/c28-25(24-17-22-8-3-4-9-23(22)29-24)27-13-5-12-26(14-15-27)18-19-10-11-20-6-1-2-7-21(20)16-19/h1-4,6-11,16-17H,5,12-15,18H2. The van der Waals surface area contributed by atoms with E-state index in [0.717, 1.165) is 49.4 Å². The van der Waals surface area contributed by atoms with Gasteiger partial charge in [-0.1, -0.05) is 54.6 Å². The van der Waals surface area contributed by atoms with Crippen LogP contribution in [0.1, 0.15) is 21.7 Å². The molecule has 2 heterocycles. The first kappa shape index (κ1) is 18.3. The molecule has 4 heteroatoms. The zero-order chi connectivity index (χ0) is 19.6. The van der Waals surface area contributed by atoms with Gasteiger partial charge in [-0.2, -0.15) is 0 Å². The maximum absolute atomic E-state index is 13.1. The highest BCUT2D eigenvalue weighted by Gasteiger charge is 2.22. The average molecular weight is 401 g/mol. The number of rotatable bonds is 3. The van der Waals surface area contributed by atoms with Gasteiger partial charge in [0, 0.05) is 37.4 Å². The van der Waals surface area contributed by atoms with Crippen LogP contribution < -0.4 is 0 Å². The molecule has 1 aromatic heterocycles. The molecular formula is C25H24N2OS. The molecule has 1 aliphatic heterocycles. The van der Waals surface area contributed by atoms with Gasteiger partial charge in [0.1, 0.15) is 0 Å². The third kappa shape index (κ3) is 3.91. The topological polar surface area (TPSA) is 23.6 Å². The summed E-state index contributed by atoms with van der Waals surface area (Å²) in [5, 5.41) is 3.74. The third-order valence-electron chi connectivity index (χ3n) is 5.73. The first-order valence-corrected chi connectivity index (χ1v) is 11.1. The van der Waals surface area contributed by atoms with E-state index in [4.69, 9.17) is 0 Å². The van der Waals surface area contributed by atoms with Crippen molar-refractivity contribution in [3.63, 3.8) is 0 Å². The smallest absolute Gasteiger partial charge is 0.264 e. The molecule has 29 heavy (non-hydrogen) atoms. The Bertz CT molecular complexity index is 1130. The first-order valence-electron chi connectivity index (χ1n) is 10.2. The van der Waals surface area contributed by atoms with E-state index in [0.29, 0.717) is 0 Å². The lowest BCUT2D eigenvalue weighted by Crippen LogP contribution is -2.34. The van der Waals surface area contributed by atoms with E-state index in [-0.39, 0.29) is 5.91 Å². The summed E-state index contributed by atoms with van der Waals surface area (Å²) < 4.78 is 1.18. The van der Waals surface area contributed by atoms with E-state index in [1.807, 2.05) is 23.1 Å². The summed E-state index contributed by atoms with van der Waals surface area (Å²) in [6.07, 6.45) is 1.02. The normalized spacial score (nSPS) is 15.7. The Balaban J connectivity index is 1.26. The van der Waals surface area contributed by atoms with Crippen LogP contribution in [0.25, 0.3) is 20.9 Å². The minimum atomic E-state index is 0.179. The van der Waals surface area contributed by atoms with E-state index < -0.39 is 0 Å². The summed E-state index contributed by atoms with van der Waals surface area (Å²) in [7, 11) is 0. The number of hydrogen-bond acceptors (Lipinski definition) is 3. The van der Waals surface area contributed by atoms with Crippen molar-refractivity contribution in [3.8, 4) is 0 Å². The fourth-order valence-electron chi connectivity index (χ4n) is 4.17. The zero-order valence-corrected chi connectivity index (χ0v) is 17.2. The lowest BCUT2D eigenvalue weighted by molar-refractivity contribution is 0.0766. The monoisotopic (exact) mass is 400 g/mol. The molecule has 0 unspecified atom stereocenters. The minimum Gasteiger partial charge on any atom is -0.337 e. The van der Waals surface area contributed by atoms with Gasteiger partial charge in [0.2, 0.25) is 0 Å². The molecule has 0 spiro atoms. The summed E-state index contributed by atoms with van der Waals surface area (Å²) in [6, 6.07) is 25.5. The molecule has 0 radical (unpaired) electrons. The molecule has 3 aromatic carbocycles. The van der Waals surface area contributed by atoms with Crippen molar-refractivity contribution in [3.05, 3.63) is 83.2 Å². The fourth-order valence-corrected chi connectivity index (χ4v) is 5.20. The SMILES string of the molecule is O=C(c1cc2ccccc2s1)N1CCCN(Cc2ccc3ccccc3c2)CC1. The van der Waals surface area contributed by atoms with Gasteiger partial charge >= 0.3 is 0 Å². The van der Waals surface area contributed by atoms with Crippen molar-refractivity contribution in [2.75, 3.05) is 26.2 Å². The van der Waals surface area contributed by atoms with Gasteiger partial charge in [0.25, 0.3) is 5.91 Å². The van der Waals surface area contributed by atoms with Gasteiger partial charge in [-0.25, -0.2) is 0 Å². The molecule has 5 rings (SSSR count). The lowest BCUT2D eigenvalue weighted by Gasteiger charge is -2.22. The van der Waals surface area contributed by atoms with Crippen molar-refractivity contribution >= 4 is 38.1 Å². The number of hydrogen-bond donors (Lipinski definition) is 0. The van der Waals surface area contributed by atoms with Crippen LogP contribution in [-0.4, -0.2) is 41.9 Å². The average Bonchev–Trinajstić information content (AvgIpc) is 3.06. The Morgan fingerprint density at radius 1 is 0.793 bits per heavy atom. The van der Waals surface area contributed by atoms with Crippen LogP contribution in [0.2, 0.25) is 0 Å². The number of carbonyl (C=O) groups excluding carboxylic acids is 1. The minimum absolute atomic E-state index is 0.179. The Morgan fingerprint density at radius 2 is 1.59 bits per heavy atom. The predicted octanol–water partition coefficient (Wildman–Crippen LogP) is 5.40. The van der Waals surface area contributed by atoms with E-state index >= 15 is 0 Å². The summed E-state index contributed by atoms with van der Waals surface area (Å²) in [5.74, 6) is 0.179. The van der Waals surface area contributed by atoms with E-state index in [9.17, 15) is 4.79 Å². The molecule has 1 amide bonds. The summed E-state index contributed by atoms with van der Waals surface area (Å²) in [4.78, 5) is 18.4. The molecule has 1 saturated heterocycles. The molecule has 0 atom stereocenters. The largest absolute Gasteiger partial charge is 0.337 e. The molecule has 0 N–H and O–H groups in total. The number of carbonyl (C=O) groups is 1. The van der Waals surface area contributed by atoms with E-state index in [1.165, 1.54) is 21.0 Å². The summed E-state index contributed by atoms with van der Waals surface area (Å²) in [5.41, 5.74) is 1.34. The van der Waals surface area contributed by atoms with Crippen molar-refractivity contribution in [1.29, 1.82) is 0 Å². The van der Waals surface area contributed by atoms with Crippen molar-refractivity contribution in [1.82, 2.24) is 9.80 Å². The molecule has 3 nitrogen and oxygen atoms in total. The molecule has 1 fully saturated rings. The second-order valence-electron chi connectivity index (χ2n) is 7.75. The molecule has 1 aliphatic rings. The highest BCUT2D eigenvalue weighted by molar-refractivity contribution is 7.20. The number of nitrogens with zero attached hydrogens (tertiary/aromatic N) is 2. The van der Waals surface area contributed by atoms with Crippen LogP contribution >= 0.6 is 11.3 Å². The van der Waals surface area contributed by atoms with Crippen LogP contribution in [0, 0.1) is 0 Å². The van der Waals surface area contributed by atoms with Gasteiger partial charge in [-0.05, 0) is 46.3 Å². The van der Waals surface area contributed by atoms with Crippen molar-refractivity contribution < 1.29 is 4.79 Å². The summed E-state index contributed by atoms with van der Waals surface area (Å²) in [6.45, 7) is 4.52. The quantitative estimate of drug-likeness (QED) is 0.459. The molecular weight excluding hydrogens is 376 g/mol. The maximum atomic E-state index is 13.1. The molecule has 146 valence electrons. The fraction of sp³-hybridized carbons (Fsp3) is 0.240. The Labute approximate surface area is 175 Å². The number of thiophene rings is 1. The maximum Gasteiger partial charge on any atom is 0.264 e. The second-order valence-corrected chi connectivity index (χ2v) is 8.84. The van der Waals surface area contributed by atoms with Crippen LogP contribution in [0.4, 0.5) is 0 Å². The highest BCUT2D eigenvalue weighted by Crippen LogP contribution is 2.26. The van der Waals surface area contributed by atoms with Crippen LogP contribution in [-0.2, 0) is 6.54 Å². The number of amides is 1. The second kappa shape index (κ2) is 7.97. The molecule has 0 aliphatic carbocycles. The van der Waals surface area contributed by atoms with Crippen molar-refractivity contribution in [2.24, 2.45) is 0 Å². The zero-order valence-electron chi connectivity index (χ0n) is 16.4. The Morgan fingerprint density at radius 3 is 2.45 bits per heavy atom. The van der Waals surface area contributed by atoms with Crippen LogP contribution in [0.15, 0.2) is 72.8 Å². The first-order chi connectivity index (χ1) is 14.3. The predicted molar refractivity (Wildman–Crippen MR) is 122 cm³/mol. The lowest BCUT2D eigenvalue weighted by atomic mass is 10.1. The van der Waals surface area contributed by atoms with Gasteiger partial charge in [0.15, 0.2) is 0 Å². The number of benzene rings is 3. The molecule has 0 bridgehead atoms.